The minimum Gasteiger partial charge on any atom is -0.370 e. The van der Waals surface area contributed by atoms with Crippen molar-refractivity contribution in [3.8, 4) is 11.1 Å². The third-order valence-electron chi connectivity index (χ3n) is 4.24. The van der Waals surface area contributed by atoms with Crippen LogP contribution in [0.15, 0.2) is 60.2 Å². The Balaban J connectivity index is 2.28. The number of fused-ring (bicyclic) bond motifs is 1. The van der Waals surface area contributed by atoms with E-state index in [-0.39, 0.29) is 28.8 Å². The third-order valence-corrected chi connectivity index (χ3v) is 4.24. The summed E-state index contributed by atoms with van der Waals surface area (Å²) in [6, 6.07) is 7.38. The van der Waals surface area contributed by atoms with Gasteiger partial charge < -0.3 is 11.5 Å². The van der Waals surface area contributed by atoms with Crippen molar-refractivity contribution in [2.24, 2.45) is 16.5 Å². The van der Waals surface area contributed by atoms with E-state index >= 15 is 0 Å². The minimum atomic E-state index is -4.95. The molecule has 4 nitrogen and oxygen atoms in total. The number of halogens is 6. The first-order valence-corrected chi connectivity index (χ1v) is 8.34. The van der Waals surface area contributed by atoms with E-state index in [1.54, 1.807) is 12.1 Å². The second-order valence-electron chi connectivity index (χ2n) is 6.37. The Labute approximate surface area is 166 Å². The number of rotatable bonds is 3. The van der Waals surface area contributed by atoms with E-state index in [1.165, 1.54) is 18.3 Å². The highest BCUT2D eigenvalue weighted by molar-refractivity contribution is 5.96. The van der Waals surface area contributed by atoms with Crippen molar-refractivity contribution in [1.29, 1.82) is 0 Å². The van der Waals surface area contributed by atoms with Crippen LogP contribution in [0, 0.1) is 0 Å². The van der Waals surface area contributed by atoms with Crippen LogP contribution < -0.4 is 11.5 Å². The van der Waals surface area contributed by atoms with Gasteiger partial charge in [-0.05, 0) is 47.5 Å². The number of benzene rings is 2. The fraction of sp³-hybridized carbons (Fsp3) is 0.100. The third kappa shape index (κ3) is 4.37. The molecule has 0 radical (unpaired) electrons. The number of aliphatic imine (C=N–C) groups is 1. The molecule has 0 bridgehead atoms. The fourth-order valence-corrected chi connectivity index (χ4v) is 2.91. The molecule has 0 aliphatic heterocycles. The summed E-state index contributed by atoms with van der Waals surface area (Å²) >= 11 is 0. The maximum absolute atomic E-state index is 13.2. The molecule has 0 unspecified atom stereocenters. The number of nitrogens with zero attached hydrogens (tertiary/aromatic N) is 2. The van der Waals surface area contributed by atoms with Crippen molar-refractivity contribution >= 4 is 22.6 Å². The maximum atomic E-state index is 13.2. The van der Waals surface area contributed by atoms with Crippen molar-refractivity contribution in [1.82, 2.24) is 4.98 Å². The SMILES string of the molecule is C=C(N=C(N)N)c1ccc2nccc(-c3cc(C(F)(F)F)cc(C(F)(F)F)c3)c2c1. The van der Waals surface area contributed by atoms with Gasteiger partial charge in [0.1, 0.15) is 0 Å². The molecular formula is C20H14F6N4. The van der Waals surface area contributed by atoms with E-state index in [0.29, 0.717) is 28.6 Å². The van der Waals surface area contributed by atoms with E-state index in [2.05, 4.69) is 16.6 Å². The van der Waals surface area contributed by atoms with E-state index in [1.807, 2.05) is 0 Å². The van der Waals surface area contributed by atoms with Gasteiger partial charge in [0.05, 0.1) is 22.3 Å². The van der Waals surface area contributed by atoms with Gasteiger partial charge in [-0.15, -0.1) is 0 Å². The van der Waals surface area contributed by atoms with Gasteiger partial charge >= 0.3 is 12.4 Å². The molecule has 1 aromatic heterocycles. The lowest BCUT2D eigenvalue weighted by Crippen LogP contribution is -2.22. The molecule has 30 heavy (non-hydrogen) atoms. The predicted octanol–water partition coefficient (Wildman–Crippen LogP) is 5.18. The van der Waals surface area contributed by atoms with Gasteiger partial charge in [-0.2, -0.15) is 26.3 Å². The fourth-order valence-electron chi connectivity index (χ4n) is 2.91. The molecule has 0 aliphatic rings. The number of hydrogen-bond acceptors (Lipinski definition) is 2. The van der Waals surface area contributed by atoms with Crippen LogP contribution in [0.25, 0.3) is 27.7 Å². The summed E-state index contributed by atoms with van der Waals surface area (Å²) in [6.45, 7) is 3.70. The molecule has 0 fully saturated rings. The molecule has 3 aromatic rings. The summed E-state index contributed by atoms with van der Waals surface area (Å²) in [5.41, 5.74) is 8.67. The van der Waals surface area contributed by atoms with Crippen LogP contribution in [0.2, 0.25) is 0 Å². The predicted molar refractivity (Wildman–Crippen MR) is 102 cm³/mol. The van der Waals surface area contributed by atoms with Gasteiger partial charge in [0.2, 0.25) is 0 Å². The lowest BCUT2D eigenvalue weighted by Gasteiger charge is -2.15. The Morgan fingerprint density at radius 3 is 2.00 bits per heavy atom. The lowest BCUT2D eigenvalue weighted by molar-refractivity contribution is -0.143. The summed E-state index contributed by atoms with van der Waals surface area (Å²) in [4.78, 5) is 7.92. The molecule has 4 N–H and O–H groups in total. The van der Waals surface area contributed by atoms with Crippen LogP contribution in [0.4, 0.5) is 26.3 Å². The summed E-state index contributed by atoms with van der Waals surface area (Å²) in [5, 5.41) is 0.314. The average molecular weight is 424 g/mol. The van der Waals surface area contributed by atoms with Gasteiger partial charge in [0.25, 0.3) is 0 Å². The smallest absolute Gasteiger partial charge is 0.370 e. The molecule has 0 aliphatic carbocycles. The van der Waals surface area contributed by atoms with Crippen molar-refractivity contribution in [3.63, 3.8) is 0 Å². The first kappa shape index (κ1) is 21.2. The monoisotopic (exact) mass is 424 g/mol. The minimum absolute atomic E-state index is 0.0822. The number of alkyl halides is 6. The number of pyridine rings is 1. The van der Waals surface area contributed by atoms with Gasteiger partial charge in [0.15, 0.2) is 5.96 Å². The van der Waals surface area contributed by atoms with E-state index in [0.717, 1.165) is 0 Å². The number of hydrogen-bond donors (Lipinski definition) is 2. The largest absolute Gasteiger partial charge is 0.416 e. The van der Waals surface area contributed by atoms with Crippen molar-refractivity contribution in [3.05, 3.63) is 71.9 Å². The van der Waals surface area contributed by atoms with Crippen molar-refractivity contribution in [2.45, 2.75) is 12.4 Å². The highest BCUT2D eigenvalue weighted by Crippen LogP contribution is 2.40. The molecule has 0 saturated carbocycles. The van der Waals surface area contributed by atoms with Crippen LogP contribution in [-0.2, 0) is 12.4 Å². The highest BCUT2D eigenvalue weighted by Gasteiger charge is 2.37. The molecule has 2 aromatic carbocycles. The second-order valence-corrected chi connectivity index (χ2v) is 6.37. The highest BCUT2D eigenvalue weighted by atomic mass is 19.4. The Kier molecular flexibility index (Phi) is 5.19. The topological polar surface area (TPSA) is 77.3 Å². The van der Waals surface area contributed by atoms with Crippen LogP contribution in [0.5, 0.6) is 0 Å². The van der Waals surface area contributed by atoms with Gasteiger partial charge in [-0.1, -0.05) is 12.6 Å². The zero-order valence-electron chi connectivity index (χ0n) is 15.1. The summed E-state index contributed by atoms with van der Waals surface area (Å²) < 4.78 is 79.4. The zero-order valence-corrected chi connectivity index (χ0v) is 15.1. The average Bonchev–Trinajstić information content (AvgIpc) is 2.64. The number of guanidine groups is 1. The van der Waals surface area contributed by atoms with Crippen molar-refractivity contribution in [2.75, 3.05) is 0 Å². The first-order chi connectivity index (χ1) is 13.9. The molecule has 0 atom stereocenters. The van der Waals surface area contributed by atoms with E-state index in [9.17, 15) is 26.3 Å². The summed E-state index contributed by atoms with van der Waals surface area (Å²) in [5.74, 6) is -0.251. The van der Waals surface area contributed by atoms with Gasteiger partial charge in [0, 0.05) is 17.1 Å². The quantitative estimate of drug-likeness (QED) is 0.345. The molecule has 10 heteroatoms. The van der Waals surface area contributed by atoms with Crippen LogP contribution >= 0.6 is 0 Å². The number of nitrogens with two attached hydrogens (primary N) is 2. The van der Waals surface area contributed by atoms with Crippen LogP contribution in [-0.4, -0.2) is 10.9 Å². The number of aromatic nitrogens is 1. The van der Waals surface area contributed by atoms with Gasteiger partial charge in [-0.25, -0.2) is 4.99 Å². The molecule has 3 rings (SSSR count). The molecule has 0 saturated heterocycles. The molecule has 0 amide bonds. The molecule has 1 heterocycles. The van der Waals surface area contributed by atoms with Gasteiger partial charge in [-0.3, -0.25) is 4.98 Å². The summed E-state index contributed by atoms with van der Waals surface area (Å²) in [7, 11) is 0. The second kappa shape index (κ2) is 7.36. The van der Waals surface area contributed by atoms with Crippen LogP contribution in [0.3, 0.4) is 0 Å². The lowest BCUT2D eigenvalue weighted by atomic mass is 9.95. The Hall–Kier alpha value is -3.56. The first-order valence-electron chi connectivity index (χ1n) is 8.34. The molecular weight excluding hydrogens is 410 g/mol. The summed E-state index contributed by atoms with van der Waals surface area (Å²) in [6.07, 6.45) is -8.60. The van der Waals surface area contributed by atoms with Crippen LogP contribution in [0.1, 0.15) is 16.7 Å². The Morgan fingerprint density at radius 2 is 1.47 bits per heavy atom. The maximum Gasteiger partial charge on any atom is 0.416 e. The normalized spacial score (nSPS) is 12.1. The van der Waals surface area contributed by atoms with Crippen molar-refractivity contribution < 1.29 is 26.3 Å². The standard InChI is InChI=1S/C20H14F6N4/c1-10(30-18(27)28)11-2-3-17-16(8-11)15(4-5-29-17)12-6-13(19(21,22)23)9-14(7-12)20(24,25)26/h2-9H,1H2,(H4,27,28,30). The molecule has 0 spiro atoms. The Morgan fingerprint density at radius 1 is 0.867 bits per heavy atom. The van der Waals surface area contributed by atoms with E-state index in [4.69, 9.17) is 11.5 Å². The Bertz CT molecular complexity index is 1130. The zero-order chi connectivity index (χ0) is 22.3. The molecule has 156 valence electrons. The van der Waals surface area contributed by atoms with E-state index < -0.39 is 23.5 Å².